The van der Waals surface area contributed by atoms with Crippen LogP contribution in [0.3, 0.4) is 0 Å². The normalized spacial score (nSPS) is 19.2. The molecule has 4 nitrogen and oxygen atoms in total. The van der Waals surface area contributed by atoms with Crippen LogP contribution in [-0.4, -0.2) is 12.8 Å². The maximum Gasteiger partial charge on any atom is 0.175 e. The topological polar surface area (TPSA) is 42.8 Å². The summed E-state index contributed by atoms with van der Waals surface area (Å²) < 4.78 is 13.9. The third-order valence-electron chi connectivity index (χ3n) is 7.52. The molecule has 0 spiro atoms. The van der Waals surface area contributed by atoms with E-state index in [-0.39, 0.29) is 6.04 Å². The van der Waals surface area contributed by atoms with Crippen LogP contribution in [0.4, 0.5) is 11.4 Å². The lowest BCUT2D eigenvalue weighted by Gasteiger charge is -2.37. The van der Waals surface area contributed by atoms with Crippen LogP contribution in [0.2, 0.25) is 0 Å². The summed E-state index contributed by atoms with van der Waals surface area (Å²) in [7, 11) is 0. The fourth-order valence-electron chi connectivity index (χ4n) is 5.59. The predicted octanol–water partition coefficient (Wildman–Crippen LogP) is 9.77. The van der Waals surface area contributed by atoms with E-state index in [1.807, 2.05) is 49.5 Å². The Morgan fingerprint density at radius 3 is 2.55 bits per heavy atom. The second kappa shape index (κ2) is 12.0. The first kappa shape index (κ1) is 26.9. The second-order valence-electron chi connectivity index (χ2n) is 10.1. The molecule has 1 N–H and O–H groups in total. The van der Waals surface area contributed by atoms with E-state index < -0.39 is 0 Å². The number of benzene rings is 4. The zero-order valence-corrected chi connectivity index (χ0v) is 25.4. The standard InChI is InChI=1S/C34H30Br2N2O2/c1-2-39-32-19-23(18-30(36)34(32)40-21-22-10-14-25(35)15-11-22)20-37-26-16-12-24(13-17-26)33-29-8-5-7-27(29)28-6-3-4-9-31(28)38-33/h3-7,9-20,27,29,33,38H,2,8,21H2,1H3/t27-,29-,33-/m0/s1. The maximum atomic E-state index is 6.14. The minimum Gasteiger partial charge on any atom is -0.490 e. The highest BCUT2D eigenvalue weighted by molar-refractivity contribution is 9.10. The molecule has 0 fully saturated rings. The lowest BCUT2D eigenvalue weighted by atomic mass is 9.77. The molecule has 0 bridgehead atoms. The number of fused-ring (bicyclic) bond motifs is 3. The third kappa shape index (κ3) is 5.74. The largest absolute Gasteiger partial charge is 0.490 e. The monoisotopic (exact) mass is 656 g/mol. The number of aliphatic imine (C=N–C) groups is 1. The van der Waals surface area contributed by atoms with E-state index in [0.29, 0.717) is 36.5 Å². The molecular formula is C34H30Br2N2O2. The Morgan fingerprint density at radius 1 is 0.950 bits per heavy atom. The van der Waals surface area contributed by atoms with E-state index in [4.69, 9.17) is 14.5 Å². The zero-order chi connectivity index (χ0) is 27.5. The van der Waals surface area contributed by atoms with Crippen molar-refractivity contribution in [1.29, 1.82) is 0 Å². The van der Waals surface area contributed by atoms with E-state index in [9.17, 15) is 0 Å². The van der Waals surface area contributed by atoms with Gasteiger partial charge in [-0.15, -0.1) is 0 Å². The van der Waals surface area contributed by atoms with Crippen LogP contribution in [0.5, 0.6) is 11.5 Å². The van der Waals surface area contributed by atoms with Gasteiger partial charge in [0.05, 0.1) is 22.8 Å². The Hall–Kier alpha value is -3.35. The Bertz CT molecular complexity index is 1550. The minimum absolute atomic E-state index is 0.280. The van der Waals surface area contributed by atoms with Gasteiger partial charge in [-0.05, 0) is 99.9 Å². The molecule has 202 valence electrons. The highest BCUT2D eigenvalue weighted by atomic mass is 79.9. The fourth-order valence-corrected chi connectivity index (χ4v) is 6.43. The van der Waals surface area contributed by atoms with Gasteiger partial charge in [-0.1, -0.05) is 70.5 Å². The second-order valence-corrected chi connectivity index (χ2v) is 11.9. The lowest BCUT2D eigenvalue weighted by molar-refractivity contribution is 0.267. The van der Waals surface area contributed by atoms with Gasteiger partial charge in [-0.3, -0.25) is 4.99 Å². The first-order chi connectivity index (χ1) is 19.6. The lowest BCUT2D eigenvalue weighted by Crippen LogP contribution is -2.28. The van der Waals surface area contributed by atoms with Gasteiger partial charge in [0, 0.05) is 22.3 Å². The number of nitrogens with zero attached hydrogens (tertiary/aromatic N) is 1. The van der Waals surface area contributed by atoms with Crippen molar-refractivity contribution in [1.82, 2.24) is 0 Å². The van der Waals surface area contributed by atoms with Crippen molar-refractivity contribution in [2.45, 2.75) is 31.9 Å². The molecule has 1 aliphatic heterocycles. The minimum atomic E-state index is 0.280. The van der Waals surface area contributed by atoms with Crippen LogP contribution in [0, 0.1) is 5.92 Å². The molecule has 0 saturated carbocycles. The van der Waals surface area contributed by atoms with E-state index in [1.165, 1.54) is 16.8 Å². The SMILES string of the molecule is CCOc1cc(C=Nc2ccc([C@@H]3Nc4ccccc4[C@@H]4C=CC[C@@H]43)cc2)cc(Br)c1OCc1ccc(Br)cc1. The number of hydrogen-bond donors (Lipinski definition) is 1. The van der Waals surface area contributed by atoms with Crippen LogP contribution in [-0.2, 0) is 6.61 Å². The molecule has 3 atom stereocenters. The van der Waals surface area contributed by atoms with Gasteiger partial charge in [0.1, 0.15) is 6.61 Å². The fraction of sp³-hybridized carbons (Fsp3) is 0.206. The first-order valence-corrected chi connectivity index (χ1v) is 15.2. The summed E-state index contributed by atoms with van der Waals surface area (Å²) in [4.78, 5) is 4.76. The third-order valence-corrected chi connectivity index (χ3v) is 8.63. The van der Waals surface area contributed by atoms with E-state index in [1.54, 1.807) is 0 Å². The summed E-state index contributed by atoms with van der Waals surface area (Å²) in [5.74, 6) is 2.38. The first-order valence-electron chi connectivity index (χ1n) is 13.6. The molecular weight excluding hydrogens is 628 g/mol. The van der Waals surface area contributed by atoms with Crippen molar-refractivity contribution in [3.8, 4) is 11.5 Å². The molecule has 0 saturated heterocycles. The smallest absolute Gasteiger partial charge is 0.175 e. The van der Waals surface area contributed by atoms with Gasteiger partial charge >= 0.3 is 0 Å². The molecule has 6 rings (SSSR count). The van der Waals surface area contributed by atoms with Crippen LogP contribution in [0.1, 0.15) is 47.6 Å². The number of ether oxygens (including phenoxy) is 2. The van der Waals surface area contributed by atoms with Crippen LogP contribution >= 0.6 is 31.9 Å². The molecule has 4 aromatic rings. The van der Waals surface area contributed by atoms with Crippen molar-refractivity contribution in [3.05, 3.63) is 128 Å². The molecule has 0 unspecified atom stereocenters. The van der Waals surface area contributed by atoms with Gasteiger partial charge in [0.15, 0.2) is 11.5 Å². The molecule has 2 aliphatic rings. The van der Waals surface area contributed by atoms with Crippen molar-refractivity contribution in [2.24, 2.45) is 10.9 Å². The number of halogens is 2. The highest BCUT2D eigenvalue weighted by Crippen LogP contribution is 2.49. The van der Waals surface area contributed by atoms with E-state index >= 15 is 0 Å². The van der Waals surface area contributed by atoms with Crippen molar-refractivity contribution < 1.29 is 9.47 Å². The molecule has 1 aliphatic carbocycles. The van der Waals surface area contributed by atoms with Crippen LogP contribution in [0.25, 0.3) is 0 Å². The van der Waals surface area contributed by atoms with Gasteiger partial charge < -0.3 is 14.8 Å². The van der Waals surface area contributed by atoms with Gasteiger partial charge in [-0.25, -0.2) is 0 Å². The summed E-state index contributed by atoms with van der Waals surface area (Å²) in [5.41, 5.74) is 6.86. The summed E-state index contributed by atoms with van der Waals surface area (Å²) in [5, 5.41) is 3.80. The average Bonchev–Trinajstić information content (AvgIpc) is 3.47. The molecule has 1 heterocycles. The van der Waals surface area contributed by atoms with Gasteiger partial charge in [-0.2, -0.15) is 0 Å². The Labute approximate surface area is 252 Å². The Morgan fingerprint density at radius 2 is 1.75 bits per heavy atom. The number of nitrogens with one attached hydrogen (secondary N) is 1. The molecule has 0 amide bonds. The van der Waals surface area contributed by atoms with E-state index in [2.05, 4.69) is 97.9 Å². The molecule has 0 radical (unpaired) electrons. The average molecular weight is 658 g/mol. The summed E-state index contributed by atoms with van der Waals surface area (Å²) >= 11 is 7.16. The van der Waals surface area contributed by atoms with E-state index in [0.717, 1.165) is 32.2 Å². The maximum absolute atomic E-state index is 6.14. The Balaban J connectivity index is 1.17. The number of allylic oxidation sites excluding steroid dienone is 2. The van der Waals surface area contributed by atoms with Gasteiger partial charge in [0.25, 0.3) is 0 Å². The summed E-state index contributed by atoms with van der Waals surface area (Å²) in [6.07, 6.45) is 7.67. The number of para-hydroxylation sites is 1. The highest BCUT2D eigenvalue weighted by Gasteiger charge is 2.37. The number of rotatable bonds is 8. The molecule has 40 heavy (non-hydrogen) atoms. The molecule has 6 heteroatoms. The quantitative estimate of drug-likeness (QED) is 0.152. The Kier molecular flexibility index (Phi) is 8.08. The van der Waals surface area contributed by atoms with Crippen LogP contribution in [0.15, 0.2) is 111 Å². The van der Waals surface area contributed by atoms with Crippen molar-refractivity contribution >= 4 is 49.4 Å². The summed E-state index contributed by atoms with van der Waals surface area (Å²) in [6.45, 7) is 2.96. The molecule has 4 aromatic carbocycles. The van der Waals surface area contributed by atoms with Gasteiger partial charge in [0.2, 0.25) is 0 Å². The number of anilines is 1. The summed E-state index contributed by atoms with van der Waals surface area (Å²) in [6, 6.07) is 29.6. The predicted molar refractivity (Wildman–Crippen MR) is 170 cm³/mol. The number of hydrogen-bond acceptors (Lipinski definition) is 4. The van der Waals surface area contributed by atoms with Crippen molar-refractivity contribution in [2.75, 3.05) is 11.9 Å². The molecule has 0 aromatic heterocycles. The van der Waals surface area contributed by atoms with Crippen molar-refractivity contribution in [3.63, 3.8) is 0 Å². The van der Waals surface area contributed by atoms with Crippen LogP contribution < -0.4 is 14.8 Å². The zero-order valence-electron chi connectivity index (χ0n) is 22.2.